The zero-order valence-electron chi connectivity index (χ0n) is 15.3. The Morgan fingerprint density at radius 3 is 2.50 bits per heavy atom. The van der Waals surface area contributed by atoms with Crippen molar-refractivity contribution in [2.24, 2.45) is 0 Å². The standard InChI is InChI=1S/C21H19F2N3OS/c22-18-2-1-15(11-19(18)23)17(12-24)14-3-7-25(8-4-14)21(27)26-9-5-20-16(13-26)6-10-28-20/h1-2,6,10-11H,3-5,7-9,13H2. The molecule has 0 atom stereocenters. The fourth-order valence-electron chi connectivity index (χ4n) is 3.83. The fourth-order valence-corrected chi connectivity index (χ4v) is 4.72. The van der Waals surface area contributed by atoms with E-state index in [1.54, 1.807) is 11.3 Å². The van der Waals surface area contributed by atoms with Crippen LogP contribution >= 0.6 is 11.3 Å². The van der Waals surface area contributed by atoms with E-state index < -0.39 is 11.6 Å². The van der Waals surface area contributed by atoms with Crippen LogP contribution in [0.15, 0.2) is 35.2 Å². The van der Waals surface area contributed by atoms with Gasteiger partial charge in [0.2, 0.25) is 0 Å². The second-order valence-corrected chi connectivity index (χ2v) is 8.03. The molecule has 1 fully saturated rings. The summed E-state index contributed by atoms with van der Waals surface area (Å²) in [6, 6.07) is 7.76. The molecule has 3 heterocycles. The molecule has 7 heteroatoms. The maximum Gasteiger partial charge on any atom is 0.320 e. The van der Waals surface area contributed by atoms with Crippen molar-refractivity contribution in [3.8, 4) is 6.07 Å². The molecular weight excluding hydrogens is 380 g/mol. The molecule has 0 spiro atoms. The molecule has 1 saturated heterocycles. The van der Waals surface area contributed by atoms with E-state index in [1.165, 1.54) is 16.5 Å². The number of nitrogens with zero attached hydrogens (tertiary/aromatic N) is 3. The number of carbonyl (C=O) groups is 1. The number of amides is 2. The average molecular weight is 399 g/mol. The molecule has 0 radical (unpaired) electrons. The van der Waals surface area contributed by atoms with Gasteiger partial charge in [-0.05, 0) is 59.5 Å². The van der Waals surface area contributed by atoms with Gasteiger partial charge in [-0.3, -0.25) is 0 Å². The summed E-state index contributed by atoms with van der Waals surface area (Å²) >= 11 is 1.74. The predicted octanol–water partition coefficient (Wildman–Crippen LogP) is 4.58. The Morgan fingerprint density at radius 2 is 1.79 bits per heavy atom. The monoisotopic (exact) mass is 399 g/mol. The fraction of sp³-hybridized carbons (Fsp3) is 0.333. The maximum atomic E-state index is 13.5. The van der Waals surface area contributed by atoms with Gasteiger partial charge in [0.25, 0.3) is 0 Å². The summed E-state index contributed by atoms with van der Waals surface area (Å²) in [6.45, 7) is 2.42. The van der Waals surface area contributed by atoms with Crippen LogP contribution in [-0.2, 0) is 13.0 Å². The molecular formula is C21H19F2N3OS. The molecule has 0 saturated carbocycles. The first-order valence-corrected chi connectivity index (χ1v) is 10.1. The highest BCUT2D eigenvalue weighted by Crippen LogP contribution is 2.29. The van der Waals surface area contributed by atoms with E-state index in [2.05, 4.69) is 17.5 Å². The third kappa shape index (κ3) is 3.52. The minimum absolute atomic E-state index is 0.0298. The number of hydrogen-bond donors (Lipinski definition) is 0. The summed E-state index contributed by atoms with van der Waals surface area (Å²) < 4.78 is 26.7. The Hall–Kier alpha value is -2.72. The lowest BCUT2D eigenvalue weighted by Crippen LogP contribution is -2.47. The van der Waals surface area contributed by atoms with Crippen molar-refractivity contribution >= 4 is 22.9 Å². The molecule has 144 valence electrons. The van der Waals surface area contributed by atoms with Crippen molar-refractivity contribution in [1.82, 2.24) is 9.80 Å². The molecule has 1 aromatic carbocycles. The normalized spacial score (nSPS) is 16.5. The first-order valence-electron chi connectivity index (χ1n) is 9.23. The highest BCUT2D eigenvalue weighted by Gasteiger charge is 2.28. The summed E-state index contributed by atoms with van der Waals surface area (Å²) in [7, 11) is 0. The number of carbonyl (C=O) groups excluding carboxylic acids is 1. The van der Waals surface area contributed by atoms with Crippen LogP contribution in [0.4, 0.5) is 13.6 Å². The molecule has 2 aliphatic rings. The number of fused-ring (bicyclic) bond motifs is 1. The van der Waals surface area contributed by atoms with Crippen LogP contribution < -0.4 is 0 Å². The van der Waals surface area contributed by atoms with Gasteiger partial charge < -0.3 is 9.80 Å². The SMILES string of the molecule is N#CC(=C1CCN(C(=O)N2CCc3sccc3C2)CC1)c1ccc(F)c(F)c1. The van der Waals surface area contributed by atoms with E-state index in [0.29, 0.717) is 43.6 Å². The van der Waals surface area contributed by atoms with Gasteiger partial charge in [0.1, 0.15) is 0 Å². The summed E-state index contributed by atoms with van der Waals surface area (Å²) in [6.07, 6.45) is 2.02. The molecule has 2 amide bonds. The van der Waals surface area contributed by atoms with Gasteiger partial charge in [-0.15, -0.1) is 11.3 Å². The Morgan fingerprint density at radius 1 is 1.04 bits per heavy atom. The van der Waals surface area contributed by atoms with Crippen LogP contribution in [-0.4, -0.2) is 35.5 Å². The van der Waals surface area contributed by atoms with E-state index >= 15 is 0 Å². The largest absolute Gasteiger partial charge is 0.324 e. The number of halogens is 2. The summed E-state index contributed by atoms with van der Waals surface area (Å²) in [5.74, 6) is -1.89. The zero-order valence-corrected chi connectivity index (χ0v) is 16.1. The number of piperidine rings is 1. The van der Waals surface area contributed by atoms with Crippen molar-refractivity contribution in [3.05, 3.63) is 62.9 Å². The van der Waals surface area contributed by atoms with Gasteiger partial charge in [-0.2, -0.15) is 5.26 Å². The lowest BCUT2D eigenvalue weighted by atomic mass is 9.94. The van der Waals surface area contributed by atoms with E-state index in [-0.39, 0.29) is 6.03 Å². The van der Waals surface area contributed by atoms with Gasteiger partial charge in [0.15, 0.2) is 11.6 Å². The van der Waals surface area contributed by atoms with Gasteiger partial charge in [-0.25, -0.2) is 13.6 Å². The minimum atomic E-state index is -0.962. The molecule has 0 unspecified atom stereocenters. The second-order valence-electron chi connectivity index (χ2n) is 7.03. The van der Waals surface area contributed by atoms with Crippen molar-refractivity contribution in [1.29, 1.82) is 5.26 Å². The molecule has 4 nitrogen and oxygen atoms in total. The van der Waals surface area contributed by atoms with Crippen LogP contribution in [0.5, 0.6) is 0 Å². The molecule has 28 heavy (non-hydrogen) atoms. The molecule has 2 aromatic rings. The Bertz CT molecular complexity index is 982. The lowest BCUT2D eigenvalue weighted by Gasteiger charge is -2.35. The number of benzene rings is 1. The lowest BCUT2D eigenvalue weighted by molar-refractivity contribution is 0.144. The molecule has 0 bridgehead atoms. The number of likely N-dealkylation sites (tertiary alicyclic amines) is 1. The highest BCUT2D eigenvalue weighted by atomic mass is 32.1. The van der Waals surface area contributed by atoms with Crippen LogP contribution in [0.25, 0.3) is 5.57 Å². The molecule has 2 aliphatic heterocycles. The number of rotatable bonds is 1. The van der Waals surface area contributed by atoms with Crippen molar-refractivity contribution in [2.45, 2.75) is 25.8 Å². The van der Waals surface area contributed by atoms with Gasteiger partial charge in [0, 0.05) is 31.1 Å². The van der Waals surface area contributed by atoms with Crippen molar-refractivity contribution < 1.29 is 13.6 Å². The third-order valence-corrected chi connectivity index (χ3v) is 6.41. The molecule has 1 aromatic heterocycles. The van der Waals surface area contributed by atoms with E-state index in [0.717, 1.165) is 30.7 Å². The topological polar surface area (TPSA) is 47.3 Å². The van der Waals surface area contributed by atoms with E-state index in [9.17, 15) is 18.8 Å². The average Bonchev–Trinajstić information content (AvgIpc) is 3.19. The highest BCUT2D eigenvalue weighted by molar-refractivity contribution is 7.10. The van der Waals surface area contributed by atoms with Gasteiger partial charge >= 0.3 is 6.03 Å². The summed E-state index contributed by atoms with van der Waals surface area (Å²) in [4.78, 5) is 17.9. The van der Waals surface area contributed by atoms with E-state index in [1.807, 2.05) is 9.80 Å². The smallest absolute Gasteiger partial charge is 0.320 e. The van der Waals surface area contributed by atoms with Gasteiger partial charge in [-0.1, -0.05) is 6.07 Å². The van der Waals surface area contributed by atoms with Crippen molar-refractivity contribution in [2.75, 3.05) is 19.6 Å². The molecule has 0 N–H and O–H groups in total. The minimum Gasteiger partial charge on any atom is -0.324 e. The number of nitriles is 1. The van der Waals surface area contributed by atoms with E-state index in [4.69, 9.17) is 0 Å². The predicted molar refractivity (Wildman–Crippen MR) is 104 cm³/mol. The number of urea groups is 1. The quantitative estimate of drug-likeness (QED) is 0.659. The van der Waals surface area contributed by atoms with Crippen LogP contribution in [0, 0.1) is 23.0 Å². The molecule has 0 aliphatic carbocycles. The Balaban J connectivity index is 1.45. The number of allylic oxidation sites excluding steroid dienone is 1. The van der Waals surface area contributed by atoms with Gasteiger partial charge in [0.05, 0.1) is 11.6 Å². The number of thiophene rings is 1. The summed E-state index contributed by atoms with van der Waals surface area (Å²) in [5, 5.41) is 11.6. The Kier molecular flexibility index (Phi) is 5.14. The maximum absolute atomic E-state index is 13.5. The van der Waals surface area contributed by atoms with Crippen LogP contribution in [0.3, 0.4) is 0 Å². The third-order valence-electron chi connectivity index (χ3n) is 5.39. The van der Waals surface area contributed by atoms with Crippen molar-refractivity contribution in [3.63, 3.8) is 0 Å². The summed E-state index contributed by atoms with van der Waals surface area (Å²) in [5.41, 5.74) is 2.88. The number of hydrogen-bond acceptors (Lipinski definition) is 3. The first kappa shape index (κ1) is 18.6. The Labute approximate surface area is 166 Å². The van der Waals surface area contributed by atoms with Crippen LogP contribution in [0.2, 0.25) is 0 Å². The second kappa shape index (κ2) is 7.72. The first-order chi connectivity index (χ1) is 13.6. The van der Waals surface area contributed by atoms with Crippen LogP contribution in [0.1, 0.15) is 28.8 Å². The molecule has 4 rings (SSSR count). The zero-order chi connectivity index (χ0) is 19.7.